The van der Waals surface area contributed by atoms with Crippen LogP contribution in [0.3, 0.4) is 0 Å². The zero-order chi connectivity index (χ0) is 14.6. The number of halogens is 1. The van der Waals surface area contributed by atoms with Gasteiger partial charge in [-0.25, -0.2) is 9.97 Å². The minimum atomic E-state index is 0.101. The van der Waals surface area contributed by atoms with E-state index in [1.165, 1.54) is 0 Å². The van der Waals surface area contributed by atoms with E-state index in [-0.39, 0.29) is 5.54 Å². The van der Waals surface area contributed by atoms with Gasteiger partial charge in [-0.2, -0.15) is 0 Å². The van der Waals surface area contributed by atoms with Crippen LogP contribution in [-0.4, -0.2) is 15.5 Å². The number of benzene rings is 1. The standard InChI is InChI=1S/C15H18BrN3S/c1-15(2,3)19-10-11-8-17-14(18-9-11)20-13-6-4-5-12(16)7-13/h4-9,19H,10H2,1-3H3. The smallest absolute Gasteiger partial charge is 0.192 e. The van der Waals surface area contributed by atoms with Gasteiger partial charge >= 0.3 is 0 Å². The van der Waals surface area contributed by atoms with Crippen molar-refractivity contribution < 1.29 is 0 Å². The van der Waals surface area contributed by atoms with E-state index in [0.29, 0.717) is 0 Å². The molecule has 0 saturated heterocycles. The molecule has 0 atom stereocenters. The molecule has 3 nitrogen and oxygen atoms in total. The van der Waals surface area contributed by atoms with Gasteiger partial charge in [0.15, 0.2) is 5.16 Å². The molecule has 0 bridgehead atoms. The van der Waals surface area contributed by atoms with Crippen LogP contribution in [0.2, 0.25) is 0 Å². The first-order valence-corrected chi connectivity index (χ1v) is 8.03. The normalized spacial score (nSPS) is 11.6. The Hall–Kier alpha value is -0.910. The minimum Gasteiger partial charge on any atom is -0.308 e. The van der Waals surface area contributed by atoms with Crippen LogP contribution >= 0.6 is 27.7 Å². The maximum atomic E-state index is 4.40. The van der Waals surface area contributed by atoms with E-state index in [1.54, 1.807) is 11.8 Å². The van der Waals surface area contributed by atoms with Gasteiger partial charge in [-0.1, -0.05) is 22.0 Å². The van der Waals surface area contributed by atoms with Gasteiger partial charge in [0.25, 0.3) is 0 Å². The van der Waals surface area contributed by atoms with Gasteiger partial charge in [0.2, 0.25) is 0 Å². The molecule has 0 saturated carbocycles. The van der Waals surface area contributed by atoms with E-state index in [1.807, 2.05) is 30.6 Å². The third-order valence-corrected chi connectivity index (χ3v) is 3.89. The summed E-state index contributed by atoms with van der Waals surface area (Å²) < 4.78 is 1.06. The Morgan fingerprint density at radius 1 is 1.20 bits per heavy atom. The van der Waals surface area contributed by atoms with Crippen LogP contribution < -0.4 is 5.32 Å². The second kappa shape index (κ2) is 6.70. The molecule has 1 heterocycles. The molecule has 0 spiro atoms. The maximum absolute atomic E-state index is 4.40. The highest BCUT2D eigenvalue weighted by molar-refractivity contribution is 9.10. The quantitative estimate of drug-likeness (QED) is 0.834. The highest BCUT2D eigenvalue weighted by atomic mass is 79.9. The molecule has 0 aliphatic rings. The SMILES string of the molecule is CC(C)(C)NCc1cnc(Sc2cccc(Br)c2)nc1. The lowest BCUT2D eigenvalue weighted by atomic mass is 10.1. The van der Waals surface area contributed by atoms with Gasteiger partial charge in [0, 0.05) is 39.4 Å². The number of nitrogens with one attached hydrogen (secondary N) is 1. The van der Waals surface area contributed by atoms with E-state index in [4.69, 9.17) is 0 Å². The summed E-state index contributed by atoms with van der Waals surface area (Å²) in [7, 11) is 0. The van der Waals surface area contributed by atoms with E-state index < -0.39 is 0 Å². The molecule has 1 aromatic heterocycles. The van der Waals surface area contributed by atoms with Crippen molar-refractivity contribution in [2.24, 2.45) is 0 Å². The summed E-state index contributed by atoms with van der Waals surface area (Å²) >= 11 is 5.03. The number of nitrogens with zero attached hydrogens (tertiary/aromatic N) is 2. The largest absolute Gasteiger partial charge is 0.308 e. The van der Waals surface area contributed by atoms with Crippen LogP contribution in [0.15, 0.2) is 51.2 Å². The Labute approximate surface area is 132 Å². The van der Waals surface area contributed by atoms with Crippen molar-refractivity contribution in [2.75, 3.05) is 0 Å². The molecule has 0 radical (unpaired) electrons. The summed E-state index contributed by atoms with van der Waals surface area (Å²) in [6.07, 6.45) is 3.76. The third kappa shape index (κ3) is 5.23. The fourth-order valence-electron chi connectivity index (χ4n) is 1.49. The fourth-order valence-corrected chi connectivity index (χ4v) is 2.79. The lowest BCUT2D eigenvalue weighted by Crippen LogP contribution is -2.35. The molecule has 5 heteroatoms. The summed E-state index contributed by atoms with van der Waals surface area (Å²) in [4.78, 5) is 9.93. The first-order valence-electron chi connectivity index (χ1n) is 6.42. The molecule has 1 N–H and O–H groups in total. The third-order valence-electron chi connectivity index (χ3n) is 2.51. The molecule has 2 aromatic rings. The lowest BCUT2D eigenvalue weighted by molar-refractivity contribution is 0.423. The molecule has 0 aliphatic heterocycles. The van der Waals surface area contributed by atoms with E-state index in [0.717, 1.165) is 26.6 Å². The number of rotatable bonds is 4. The van der Waals surface area contributed by atoms with Crippen molar-refractivity contribution in [1.82, 2.24) is 15.3 Å². The predicted molar refractivity (Wildman–Crippen MR) is 86.9 cm³/mol. The first-order chi connectivity index (χ1) is 9.42. The van der Waals surface area contributed by atoms with Crippen molar-refractivity contribution in [1.29, 1.82) is 0 Å². The molecule has 20 heavy (non-hydrogen) atoms. The highest BCUT2D eigenvalue weighted by Gasteiger charge is 2.09. The van der Waals surface area contributed by atoms with Crippen molar-refractivity contribution in [3.63, 3.8) is 0 Å². The average molecular weight is 352 g/mol. The average Bonchev–Trinajstić information content (AvgIpc) is 2.37. The van der Waals surface area contributed by atoms with Gasteiger partial charge in [-0.15, -0.1) is 0 Å². The maximum Gasteiger partial charge on any atom is 0.192 e. The zero-order valence-electron chi connectivity index (χ0n) is 11.9. The Balaban J connectivity index is 1.98. The van der Waals surface area contributed by atoms with E-state index >= 15 is 0 Å². The number of hydrogen-bond donors (Lipinski definition) is 1. The van der Waals surface area contributed by atoms with Crippen molar-refractivity contribution >= 4 is 27.7 Å². The van der Waals surface area contributed by atoms with Crippen LogP contribution in [0.4, 0.5) is 0 Å². The Morgan fingerprint density at radius 3 is 2.50 bits per heavy atom. The lowest BCUT2D eigenvalue weighted by Gasteiger charge is -2.20. The zero-order valence-corrected chi connectivity index (χ0v) is 14.3. The van der Waals surface area contributed by atoms with Crippen LogP contribution in [-0.2, 0) is 6.54 Å². The van der Waals surface area contributed by atoms with Gasteiger partial charge in [0.1, 0.15) is 0 Å². The molecular weight excluding hydrogens is 334 g/mol. The molecular formula is C15H18BrN3S. The van der Waals surface area contributed by atoms with Crippen LogP contribution in [0, 0.1) is 0 Å². The Bertz CT molecular complexity index is 564. The Kier molecular flexibility index (Phi) is 5.18. The minimum absolute atomic E-state index is 0.101. The summed E-state index contributed by atoms with van der Waals surface area (Å²) in [6, 6.07) is 8.12. The topological polar surface area (TPSA) is 37.8 Å². The number of hydrogen-bond acceptors (Lipinski definition) is 4. The monoisotopic (exact) mass is 351 g/mol. The van der Waals surface area contributed by atoms with Gasteiger partial charge in [0.05, 0.1) is 0 Å². The van der Waals surface area contributed by atoms with Crippen LogP contribution in [0.1, 0.15) is 26.3 Å². The molecule has 2 rings (SSSR count). The summed E-state index contributed by atoms with van der Waals surface area (Å²) in [6.45, 7) is 7.22. The fraction of sp³-hybridized carbons (Fsp3) is 0.333. The summed E-state index contributed by atoms with van der Waals surface area (Å²) in [5.74, 6) is 0. The predicted octanol–water partition coefficient (Wildman–Crippen LogP) is 4.28. The van der Waals surface area contributed by atoms with Crippen LogP contribution in [0.25, 0.3) is 0 Å². The van der Waals surface area contributed by atoms with Crippen LogP contribution in [0.5, 0.6) is 0 Å². The molecule has 106 valence electrons. The van der Waals surface area contributed by atoms with Gasteiger partial charge in [-0.05, 0) is 50.7 Å². The molecule has 0 amide bonds. The van der Waals surface area contributed by atoms with Gasteiger partial charge in [-0.3, -0.25) is 0 Å². The van der Waals surface area contributed by atoms with Crippen molar-refractivity contribution in [2.45, 2.75) is 42.9 Å². The molecule has 0 fully saturated rings. The first kappa shape index (κ1) is 15.5. The van der Waals surface area contributed by atoms with Crippen molar-refractivity contribution in [3.05, 3.63) is 46.7 Å². The second-order valence-electron chi connectivity index (χ2n) is 5.54. The molecule has 1 aromatic carbocycles. The summed E-state index contributed by atoms with van der Waals surface area (Å²) in [5.41, 5.74) is 1.20. The molecule has 0 aliphatic carbocycles. The highest BCUT2D eigenvalue weighted by Crippen LogP contribution is 2.26. The van der Waals surface area contributed by atoms with Gasteiger partial charge < -0.3 is 5.32 Å². The second-order valence-corrected chi connectivity index (χ2v) is 7.49. The summed E-state index contributed by atoms with van der Waals surface area (Å²) in [5, 5.41) is 4.19. The Morgan fingerprint density at radius 2 is 1.90 bits per heavy atom. The van der Waals surface area contributed by atoms with E-state index in [2.05, 4.69) is 58.1 Å². The van der Waals surface area contributed by atoms with E-state index in [9.17, 15) is 0 Å². The molecule has 0 unspecified atom stereocenters. The number of aromatic nitrogens is 2. The van der Waals surface area contributed by atoms with Crippen molar-refractivity contribution in [3.8, 4) is 0 Å².